The summed E-state index contributed by atoms with van der Waals surface area (Å²) in [6, 6.07) is 8.31. The number of aryl methyl sites for hydroxylation is 1. The minimum atomic E-state index is -1.35. The average molecular weight is 530 g/mol. The van der Waals surface area contributed by atoms with Crippen LogP contribution < -0.4 is 10.6 Å². The van der Waals surface area contributed by atoms with Gasteiger partial charge >= 0.3 is 12.1 Å². The fraction of sp³-hybridized carbons (Fsp3) is 0.407. The number of hydrogen-bond acceptors (Lipinski definition) is 8. The Hall–Kier alpha value is -4.28. The number of ether oxygens (including phenoxy) is 2. The number of methoxy groups -OCH3 is 1. The number of alkyl carbamates (subject to hydrolysis) is 1. The lowest BCUT2D eigenvalue weighted by atomic mass is 9.98. The Morgan fingerprint density at radius 1 is 1.03 bits per heavy atom. The fourth-order valence-corrected chi connectivity index (χ4v) is 3.65. The van der Waals surface area contributed by atoms with Crippen LogP contribution in [-0.4, -0.2) is 71.3 Å². The third-order valence-electron chi connectivity index (χ3n) is 5.55. The Kier molecular flexibility index (Phi) is 10.1. The second kappa shape index (κ2) is 12.8. The molecule has 0 spiro atoms. The summed E-state index contributed by atoms with van der Waals surface area (Å²) in [5, 5.41) is 25.3. The summed E-state index contributed by atoms with van der Waals surface area (Å²) in [7, 11) is 2.53. The minimum absolute atomic E-state index is 0.0129. The first-order valence-electron chi connectivity index (χ1n) is 11.9. The molecule has 2 unspecified atom stereocenters. The van der Waals surface area contributed by atoms with Crippen molar-refractivity contribution in [3.8, 4) is 11.5 Å². The number of para-hydroxylation sites is 1. The van der Waals surface area contributed by atoms with Gasteiger partial charge in [0, 0.05) is 19.0 Å². The van der Waals surface area contributed by atoms with Crippen molar-refractivity contribution in [2.24, 2.45) is 0 Å². The van der Waals surface area contributed by atoms with Crippen molar-refractivity contribution < 1.29 is 38.9 Å². The van der Waals surface area contributed by atoms with Crippen molar-refractivity contribution in [2.45, 2.75) is 51.8 Å². The molecule has 2 rings (SSSR count). The van der Waals surface area contributed by atoms with E-state index in [0.29, 0.717) is 11.1 Å². The van der Waals surface area contributed by atoms with E-state index >= 15 is 0 Å². The zero-order valence-electron chi connectivity index (χ0n) is 22.4. The molecule has 38 heavy (non-hydrogen) atoms. The quantitative estimate of drug-likeness (QED) is 0.361. The zero-order valence-corrected chi connectivity index (χ0v) is 22.4. The van der Waals surface area contributed by atoms with E-state index in [-0.39, 0.29) is 23.5 Å². The maximum absolute atomic E-state index is 13.8. The van der Waals surface area contributed by atoms with E-state index in [1.165, 1.54) is 32.4 Å². The molecular formula is C27H35N3O8. The van der Waals surface area contributed by atoms with E-state index < -0.39 is 48.1 Å². The van der Waals surface area contributed by atoms with Gasteiger partial charge in [0.1, 0.15) is 35.7 Å². The number of nitrogens with one attached hydrogen (secondary N) is 2. The first-order chi connectivity index (χ1) is 17.7. The van der Waals surface area contributed by atoms with E-state index in [2.05, 4.69) is 15.4 Å². The number of rotatable bonds is 9. The maximum atomic E-state index is 13.8. The highest BCUT2D eigenvalue weighted by Crippen LogP contribution is 2.31. The lowest BCUT2D eigenvalue weighted by molar-refractivity contribution is -0.143. The van der Waals surface area contributed by atoms with Gasteiger partial charge in [-0.2, -0.15) is 0 Å². The second-order valence-electron chi connectivity index (χ2n) is 9.73. The van der Waals surface area contributed by atoms with Crippen molar-refractivity contribution in [3.05, 3.63) is 59.2 Å². The number of benzene rings is 2. The molecule has 0 aromatic heterocycles. The van der Waals surface area contributed by atoms with Crippen molar-refractivity contribution in [1.29, 1.82) is 0 Å². The number of phenolic OH excluding ortho intramolecular Hbond substituents is 2. The molecule has 11 heteroatoms. The molecule has 0 saturated heterocycles. The lowest BCUT2D eigenvalue weighted by Gasteiger charge is -2.32. The normalized spacial score (nSPS) is 12.6. The predicted octanol–water partition coefficient (Wildman–Crippen LogP) is 2.33. The Labute approximate surface area is 221 Å². The molecule has 0 aliphatic carbocycles. The Morgan fingerprint density at radius 3 is 2.24 bits per heavy atom. The van der Waals surface area contributed by atoms with E-state index in [4.69, 9.17) is 4.74 Å². The molecule has 0 aliphatic rings. The Balaban J connectivity index is 2.45. The molecule has 2 atom stereocenters. The van der Waals surface area contributed by atoms with Crippen LogP contribution in [0, 0.1) is 6.92 Å². The van der Waals surface area contributed by atoms with Gasteiger partial charge in [-0.1, -0.05) is 30.3 Å². The topological polar surface area (TPSA) is 154 Å². The van der Waals surface area contributed by atoms with Crippen LogP contribution in [0.2, 0.25) is 0 Å². The molecule has 0 saturated carbocycles. The minimum Gasteiger partial charge on any atom is -0.508 e. The number of carbonyl (C=O) groups is 4. The SMILES string of the molecule is COC(=O)CNC(=O)C(c1cccc(C)c1O)N(C)C(=O)C(Cc1ccc(O)cc1)NC(=O)OC(C)(C)C. The van der Waals surface area contributed by atoms with Gasteiger partial charge < -0.3 is 35.2 Å². The lowest BCUT2D eigenvalue weighted by Crippen LogP contribution is -2.52. The zero-order chi connectivity index (χ0) is 28.6. The van der Waals surface area contributed by atoms with Gasteiger partial charge in [-0.15, -0.1) is 0 Å². The number of esters is 1. The van der Waals surface area contributed by atoms with Gasteiger partial charge in [0.15, 0.2) is 0 Å². The smallest absolute Gasteiger partial charge is 0.408 e. The molecule has 3 amide bonds. The van der Waals surface area contributed by atoms with Gasteiger partial charge in [-0.25, -0.2) is 4.79 Å². The summed E-state index contributed by atoms with van der Waals surface area (Å²) < 4.78 is 9.90. The highest BCUT2D eigenvalue weighted by Gasteiger charge is 2.36. The van der Waals surface area contributed by atoms with Gasteiger partial charge in [-0.05, 0) is 51.0 Å². The third-order valence-corrected chi connectivity index (χ3v) is 5.55. The number of likely N-dealkylation sites (N-methyl/N-ethyl adjacent to an activating group) is 1. The molecule has 2 aromatic rings. The monoisotopic (exact) mass is 529 g/mol. The average Bonchev–Trinajstić information content (AvgIpc) is 2.84. The van der Waals surface area contributed by atoms with Crippen LogP contribution in [0.4, 0.5) is 4.79 Å². The van der Waals surface area contributed by atoms with Gasteiger partial charge in [0.25, 0.3) is 0 Å². The molecule has 206 valence electrons. The van der Waals surface area contributed by atoms with Crippen molar-refractivity contribution in [1.82, 2.24) is 15.5 Å². The predicted molar refractivity (Wildman–Crippen MR) is 138 cm³/mol. The molecular weight excluding hydrogens is 494 g/mol. The van der Waals surface area contributed by atoms with Crippen LogP contribution in [0.15, 0.2) is 42.5 Å². The van der Waals surface area contributed by atoms with Crippen LogP contribution in [0.3, 0.4) is 0 Å². The summed E-state index contributed by atoms with van der Waals surface area (Å²) in [4.78, 5) is 52.3. The number of hydrogen-bond donors (Lipinski definition) is 4. The third kappa shape index (κ3) is 8.39. The summed E-state index contributed by atoms with van der Waals surface area (Å²) in [5.74, 6) is -2.26. The summed E-state index contributed by atoms with van der Waals surface area (Å²) >= 11 is 0. The van der Waals surface area contributed by atoms with Crippen molar-refractivity contribution in [3.63, 3.8) is 0 Å². The number of aromatic hydroxyl groups is 2. The molecule has 0 aliphatic heterocycles. The first kappa shape index (κ1) is 29.9. The van der Waals surface area contributed by atoms with Gasteiger partial charge in [-0.3, -0.25) is 14.4 Å². The molecule has 11 nitrogen and oxygen atoms in total. The molecule has 0 heterocycles. The number of nitrogens with zero attached hydrogens (tertiary/aromatic N) is 1. The van der Waals surface area contributed by atoms with Crippen molar-refractivity contribution in [2.75, 3.05) is 20.7 Å². The standard InChI is InChI=1S/C27H35N3O8/c1-16-8-7-9-19(23(16)33)22(24(34)28-15-21(32)37-6)30(5)25(35)20(29-26(36)38-27(2,3)4)14-17-10-12-18(31)13-11-17/h7-13,20,22,31,33H,14-15H2,1-6H3,(H,28,34)(H,29,36). The molecule has 4 N–H and O–H groups in total. The van der Waals surface area contributed by atoms with Crippen LogP contribution in [0.5, 0.6) is 11.5 Å². The van der Waals surface area contributed by atoms with Crippen LogP contribution in [0.1, 0.15) is 43.5 Å². The highest BCUT2D eigenvalue weighted by molar-refractivity contribution is 5.93. The highest BCUT2D eigenvalue weighted by atomic mass is 16.6. The van der Waals surface area contributed by atoms with Crippen molar-refractivity contribution >= 4 is 23.9 Å². The number of phenols is 2. The largest absolute Gasteiger partial charge is 0.508 e. The molecule has 0 bridgehead atoms. The fourth-order valence-electron chi connectivity index (χ4n) is 3.65. The Bertz CT molecular complexity index is 1160. The number of amides is 3. The number of carbonyl (C=O) groups excluding carboxylic acids is 4. The first-order valence-corrected chi connectivity index (χ1v) is 11.9. The van der Waals surface area contributed by atoms with E-state index in [9.17, 15) is 29.4 Å². The maximum Gasteiger partial charge on any atom is 0.408 e. The molecule has 0 radical (unpaired) electrons. The van der Waals surface area contributed by atoms with Gasteiger partial charge in [0.2, 0.25) is 11.8 Å². The van der Waals surface area contributed by atoms with Crippen LogP contribution in [0.25, 0.3) is 0 Å². The van der Waals surface area contributed by atoms with Gasteiger partial charge in [0.05, 0.1) is 7.11 Å². The molecule has 2 aromatic carbocycles. The van der Waals surface area contributed by atoms with Crippen LogP contribution >= 0.6 is 0 Å². The van der Waals surface area contributed by atoms with E-state index in [0.717, 1.165) is 4.90 Å². The summed E-state index contributed by atoms with van der Waals surface area (Å²) in [6.45, 7) is 6.22. The summed E-state index contributed by atoms with van der Waals surface area (Å²) in [6.07, 6.45) is -0.827. The Morgan fingerprint density at radius 2 is 1.66 bits per heavy atom. The molecule has 0 fully saturated rings. The van der Waals surface area contributed by atoms with E-state index in [1.54, 1.807) is 52.0 Å². The van der Waals surface area contributed by atoms with Crippen LogP contribution in [-0.2, 0) is 30.3 Å². The summed E-state index contributed by atoms with van der Waals surface area (Å²) in [5.41, 5.74) is 0.396. The van der Waals surface area contributed by atoms with E-state index in [1.807, 2.05) is 0 Å². The second-order valence-corrected chi connectivity index (χ2v) is 9.73.